The molecule has 21 heavy (non-hydrogen) atoms. The second kappa shape index (κ2) is 6.93. The first-order valence-electron chi connectivity index (χ1n) is 8.11. The minimum Gasteiger partial charge on any atom is -0.453 e. The largest absolute Gasteiger partial charge is 0.453 e. The number of ether oxygens (including phenoxy) is 1. The van der Waals surface area contributed by atoms with Crippen LogP contribution in [0.5, 0.6) is 0 Å². The van der Waals surface area contributed by atoms with Crippen LogP contribution in [-0.2, 0) is 9.53 Å². The number of unbranched alkanes of at least 4 members (excludes halogenated alkanes) is 2. The van der Waals surface area contributed by atoms with Crippen LogP contribution in [0.4, 0.5) is 0 Å². The zero-order valence-corrected chi connectivity index (χ0v) is 13.2. The molecule has 0 aliphatic carbocycles. The molecular weight excluding hydrogens is 260 g/mol. The summed E-state index contributed by atoms with van der Waals surface area (Å²) in [4.78, 5) is 12.2. The molecule has 1 aliphatic rings. The number of rotatable bonds is 7. The summed E-state index contributed by atoms with van der Waals surface area (Å²) in [6.45, 7) is 8.47. The maximum atomic E-state index is 12.2. The van der Waals surface area contributed by atoms with Gasteiger partial charge >= 0.3 is 5.97 Å². The van der Waals surface area contributed by atoms with Gasteiger partial charge in [-0.2, -0.15) is 0 Å². The lowest BCUT2D eigenvalue weighted by Gasteiger charge is -2.34. The number of esters is 1. The van der Waals surface area contributed by atoms with Crippen molar-refractivity contribution in [3.63, 3.8) is 0 Å². The molecule has 2 heteroatoms. The minimum absolute atomic E-state index is 0.170. The molecule has 2 rings (SSSR count). The van der Waals surface area contributed by atoms with Crippen LogP contribution < -0.4 is 0 Å². The van der Waals surface area contributed by atoms with Gasteiger partial charge in [0.15, 0.2) is 0 Å². The monoisotopic (exact) mass is 286 g/mol. The molecule has 0 N–H and O–H groups in total. The Bertz CT molecular complexity index is 482. The number of cyclic esters (lactones) is 1. The predicted octanol–water partition coefficient (Wildman–Crippen LogP) is 5.21. The topological polar surface area (TPSA) is 26.3 Å². The molecule has 114 valence electrons. The van der Waals surface area contributed by atoms with E-state index in [0.717, 1.165) is 44.1 Å². The zero-order valence-electron chi connectivity index (χ0n) is 13.2. The van der Waals surface area contributed by atoms with E-state index >= 15 is 0 Å². The van der Waals surface area contributed by atoms with Gasteiger partial charge in [-0.05, 0) is 18.4 Å². The Labute approximate surface area is 128 Å². The highest BCUT2D eigenvalue weighted by Crippen LogP contribution is 2.54. The van der Waals surface area contributed by atoms with Crippen LogP contribution in [0.25, 0.3) is 0 Å². The van der Waals surface area contributed by atoms with E-state index in [1.165, 1.54) is 0 Å². The van der Waals surface area contributed by atoms with Crippen molar-refractivity contribution in [1.82, 2.24) is 0 Å². The highest BCUT2D eigenvalue weighted by atomic mass is 16.6. The van der Waals surface area contributed by atoms with Crippen LogP contribution in [0, 0.1) is 5.41 Å². The van der Waals surface area contributed by atoms with Gasteiger partial charge in [-0.25, -0.2) is 4.79 Å². The third-order valence-electron chi connectivity index (χ3n) is 4.63. The minimum atomic E-state index is -0.218. The van der Waals surface area contributed by atoms with Crippen LogP contribution in [0.2, 0.25) is 0 Å². The Hall–Kier alpha value is -1.57. The van der Waals surface area contributed by atoms with E-state index in [0.29, 0.717) is 5.57 Å². The molecule has 0 bridgehead atoms. The van der Waals surface area contributed by atoms with Gasteiger partial charge in [0.2, 0.25) is 0 Å². The van der Waals surface area contributed by atoms with E-state index in [1.54, 1.807) is 0 Å². The average molecular weight is 286 g/mol. The fourth-order valence-electron chi connectivity index (χ4n) is 3.34. The highest BCUT2D eigenvalue weighted by molar-refractivity contribution is 5.92. The molecule has 1 aliphatic heterocycles. The van der Waals surface area contributed by atoms with Gasteiger partial charge in [-0.3, -0.25) is 0 Å². The second-order valence-electron chi connectivity index (χ2n) is 6.04. The number of carbonyl (C=O) groups is 1. The van der Waals surface area contributed by atoms with E-state index in [1.807, 2.05) is 18.2 Å². The summed E-state index contributed by atoms with van der Waals surface area (Å²) in [5, 5.41) is 0. The summed E-state index contributed by atoms with van der Waals surface area (Å²) in [7, 11) is 0. The Kier molecular flexibility index (Phi) is 5.22. The van der Waals surface area contributed by atoms with Crippen LogP contribution in [0.1, 0.15) is 64.0 Å². The van der Waals surface area contributed by atoms with Crippen LogP contribution >= 0.6 is 0 Å². The van der Waals surface area contributed by atoms with E-state index in [-0.39, 0.29) is 17.5 Å². The normalized spacial score (nSPS) is 20.6. The molecule has 1 fully saturated rings. The van der Waals surface area contributed by atoms with Gasteiger partial charge in [-0.1, -0.05) is 76.4 Å². The van der Waals surface area contributed by atoms with Crippen LogP contribution in [-0.4, -0.2) is 5.97 Å². The fraction of sp³-hybridized carbons (Fsp3) is 0.526. The summed E-state index contributed by atoms with van der Waals surface area (Å²) >= 11 is 0. The third kappa shape index (κ3) is 3.04. The fourth-order valence-corrected chi connectivity index (χ4v) is 3.34. The van der Waals surface area contributed by atoms with Gasteiger partial charge < -0.3 is 4.74 Å². The van der Waals surface area contributed by atoms with Crippen molar-refractivity contribution >= 4 is 5.97 Å². The molecule has 1 heterocycles. The van der Waals surface area contributed by atoms with E-state index in [9.17, 15) is 4.79 Å². The standard InChI is InChI=1S/C19H26O2/c1-4-6-13-19(14-7-5-2)15(3)18(20)21-17(19)16-11-9-8-10-12-16/h8-12,17H,3-7,13-14H2,1-2H3/t17-/m0/s1. The molecule has 2 nitrogen and oxygen atoms in total. The maximum Gasteiger partial charge on any atom is 0.334 e. The van der Waals surface area contributed by atoms with Crippen molar-refractivity contribution in [2.75, 3.05) is 0 Å². The molecule has 0 unspecified atom stereocenters. The summed E-state index contributed by atoms with van der Waals surface area (Å²) in [6.07, 6.45) is 6.23. The molecule has 1 atom stereocenters. The summed E-state index contributed by atoms with van der Waals surface area (Å²) in [5.74, 6) is -0.212. The third-order valence-corrected chi connectivity index (χ3v) is 4.63. The SMILES string of the molecule is C=C1C(=O)O[C@@H](c2ccccc2)C1(CCCC)CCCC. The van der Waals surface area contributed by atoms with Gasteiger partial charge in [0, 0.05) is 11.0 Å². The van der Waals surface area contributed by atoms with Crippen LogP contribution in [0.15, 0.2) is 42.5 Å². The first-order valence-corrected chi connectivity index (χ1v) is 8.11. The maximum absolute atomic E-state index is 12.2. The number of benzene rings is 1. The first-order chi connectivity index (χ1) is 10.2. The van der Waals surface area contributed by atoms with E-state index in [4.69, 9.17) is 4.74 Å². The van der Waals surface area contributed by atoms with Gasteiger partial charge in [-0.15, -0.1) is 0 Å². The smallest absolute Gasteiger partial charge is 0.334 e. The molecule has 0 radical (unpaired) electrons. The van der Waals surface area contributed by atoms with Gasteiger partial charge in [0.25, 0.3) is 0 Å². The summed E-state index contributed by atoms with van der Waals surface area (Å²) in [6, 6.07) is 10.1. The molecule has 1 aromatic carbocycles. The Morgan fingerprint density at radius 1 is 1.10 bits per heavy atom. The molecule has 0 aromatic heterocycles. The van der Waals surface area contributed by atoms with Gasteiger partial charge in [0.1, 0.15) is 6.10 Å². The first kappa shape index (κ1) is 15.8. The summed E-state index contributed by atoms with van der Waals surface area (Å²) < 4.78 is 5.73. The van der Waals surface area contributed by atoms with Crippen molar-refractivity contribution in [3.05, 3.63) is 48.0 Å². The van der Waals surface area contributed by atoms with Crippen molar-refractivity contribution in [2.45, 2.75) is 58.5 Å². The van der Waals surface area contributed by atoms with Crippen molar-refractivity contribution < 1.29 is 9.53 Å². The molecule has 0 saturated carbocycles. The lowest BCUT2D eigenvalue weighted by molar-refractivity contribution is -0.140. The Balaban J connectivity index is 2.39. The highest BCUT2D eigenvalue weighted by Gasteiger charge is 2.51. The quantitative estimate of drug-likeness (QED) is 0.508. The number of hydrogen-bond donors (Lipinski definition) is 0. The van der Waals surface area contributed by atoms with Crippen LogP contribution in [0.3, 0.4) is 0 Å². The van der Waals surface area contributed by atoms with E-state index < -0.39 is 0 Å². The summed E-state index contributed by atoms with van der Waals surface area (Å²) in [5.41, 5.74) is 1.56. The Morgan fingerprint density at radius 3 is 2.19 bits per heavy atom. The molecule has 1 saturated heterocycles. The molecule has 1 aromatic rings. The number of hydrogen-bond acceptors (Lipinski definition) is 2. The predicted molar refractivity (Wildman–Crippen MR) is 85.9 cm³/mol. The Morgan fingerprint density at radius 2 is 1.67 bits per heavy atom. The van der Waals surface area contributed by atoms with Crippen molar-refractivity contribution in [2.24, 2.45) is 5.41 Å². The zero-order chi connectivity index (χ0) is 15.3. The second-order valence-corrected chi connectivity index (χ2v) is 6.04. The van der Waals surface area contributed by atoms with Crippen molar-refractivity contribution in [1.29, 1.82) is 0 Å². The van der Waals surface area contributed by atoms with E-state index in [2.05, 4.69) is 32.6 Å². The average Bonchev–Trinajstić information content (AvgIpc) is 2.77. The molecule has 0 amide bonds. The lowest BCUT2D eigenvalue weighted by Crippen LogP contribution is -2.26. The number of carbonyl (C=O) groups excluding carboxylic acids is 1. The lowest BCUT2D eigenvalue weighted by atomic mass is 9.68. The molecule has 0 spiro atoms. The van der Waals surface area contributed by atoms with Gasteiger partial charge in [0.05, 0.1) is 0 Å². The van der Waals surface area contributed by atoms with Crippen molar-refractivity contribution in [3.8, 4) is 0 Å². The molecular formula is C19H26O2.